The van der Waals surface area contributed by atoms with Crippen LogP contribution in [0.15, 0.2) is 36.4 Å². The van der Waals surface area contributed by atoms with Gasteiger partial charge in [0.1, 0.15) is 11.6 Å². The van der Waals surface area contributed by atoms with Crippen molar-refractivity contribution in [1.82, 2.24) is 0 Å². The maximum Gasteiger partial charge on any atom is 0.131 e. The van der Waals surface area contributed by atoms with Crippen LogP contribution in [-0.4, -0.2) is 7.11 Å². The molecule has 2 rings (SSSR count). The maximum atomic E-state index is 14.5. The first-order valence-corrected chi connectivity index (χ1v) is 9.03. The third kappa shape index (κ3) is 4.91. The van der Waals surface area contributed by atoms with Gasteiger partial charge in [-0.3, -0.25) is 0 Å². The van der Waals surface area contributed by atoms with Crippen molar-refractivity contribution in [3.8, 4) is 11.1 Å². The third-order valence-corrected chi connectivity index (χ3v) is 4.37. The lowest BCUT2D eigenvalue weighted by atomic mass is 9.79. The van der Waals surface area contributed by atoms with Crippen LogP contribution in [0.3, 0.4) is 0 Å². The van der Waals surface area contributed by atoms with Gasteiger partial charge in [-0.1, -0.05) is 59.7 Å². The molecule has 0 spiro atoms. The zero-order valence-corrected chi connectivity index (χ0v) is 16.9. The van der Waals surface area contributed by atoms with Crippen molar-refractivity contribution in [2.75, 3.05) is 7.11 Å². The van der Waals surface area contributed by atoms with E-state index >= 15 is 0 Å². The molecule has 0 saturated heterocycles. The van der Waals surface area contributed by atoms with Crippen LogP contribution in [0.2, 0.25) is 0 Å². The SMILES string of the molecule is CO[C@H](c1cc(CC(C)(C)C)ccc1-c1cc(F)ccc1F)C(C)(C)C. The first kappa shape index (κ1) is 20.6. The molecule has 0 heterocycles. The molecule has 0 fully saturated rings. The summed E-state index contributed by atoms with van der Waals surface area (Å²) in [4.78, 5) is 0. The zero-order valence-electron chi connectivity index (χ0n) is 16.9. The summed E-state index contributed by atoms with van der Waals surface area (Å²) in [6.07, 6.45) is 0.659. The largest absolute Gasteiger partial charge is 0.376 e. The molecule has 0 amide bonds. The Morgan fingerprint density at radius 2 is 1.54 bits per heavy atom. The summed E-state index contributed by atoms with van der Waals surface area (Å²) in [7, 11) is 1.66. The molecule has 0 saturated carbocycles. The van der Waals surface area contributed by atoms with Crippen molar-refractivity contribution in [1.29, 1.82) is 0 Å². The summed E-state index contributed by atoms with van der Waals surface area (Å²) in [6.45, 7) is 12.8. The number of hydrogen-bond donors (Lipinski definition) is 0. The minimum atomic E-state index is -0.448. The van der Waals surface area contributed by atoms with Crippen molar-refractivity contribution in [3.63, 3.8) is 0 Å². The van der Waals surface area contributed by atoms with E-state index in [1.54, 1.807) is 7.11 Å². The van der Waals surface area contributed by atoms with Crippen molar-refractivity contribution in [2.24, 2.45) is 10.8 Å². The van der Waals surface area contributed by atoms with Gasteiger partial charge in [0.25, 0.3) is 0 Å². The summed E-state index contributed by atoms with van der Waals surface area (Å²) in [6, 6.07) is 9.56. The normalized spacial score (nSPS) is 13.7. The van der Waals surface area contributed by atoms with E-state index in [0.29, 0.717) is 5.56 Å². The Hall–Kier alpha value is -1.74. The topological polar surface area (TPSA) is 9.23 Å². The van der Waals surface area contributed by atoms with E-state index in [4.69, 9.17) is 4.74 Å². The highest BCUT2D eigenvalue weighted by atomic mass is 19.1. The molecule has 0 bridgehead atoms. The van der Waals surface area contributed by atoms with Crippen molar-refractivity contribution in [3.05, 3.63) is 59.2 Å². The fourth-order valence-electron chi connectivity index (χ4n) is 3.45. The molecule has 0 aromatic heterocycles. The molecule has 26 heavy (non-hydrogen) atoms. The smallest absolute Gasteiger partial charge is 0.131 e. The maximum absolute atomic E-state index is 14.5. The molecule has 0 radical (unpaired) electrons. The van der Waals surface area contributed by atoms with Crippen LogP contribution in [0.1, 0.15) is 58.8 Å². The van der Waals surface area contributed by atoms with Crippen LogP contribution in [0, 0.1) is 22.5 Å². The minimum absolute atomic E-state index is 0.132. The van der Waals surface area contributed by atoms with Gasteiger partial charge in [-0.05, 0) is 52.1 Å². The summed E-state index contributed by atoms with van der Waals surface area (Å²) >= 11 is 0. The van der Waals surface area contributed by atoms with E-state index < -0.39 is 11.6 Å². The van der Waals surface area contributed by atoms with Crippen LogP contribution in [0.4, 0.5) is 8.78 Å². The first-order valence-electron chi connectivity index (χ1n) is 9.03. The number of halogens is 2. The van der Waals surface area contributed by atoms with E-state index in [2.05, 4.69) is 47.6 Å². The highest BCUT2D eigenvalue weighted by molar-refractivity contribution is 5.69. The fourth-order valence-corrected chi connectivity index (χ4v) is 3.45. The van der Waals surface area contributed by atoms with Gasteiger partial charge in [0.2, 0.25) is 0 Å². The van der Waals surface area contributed by atoms with Gasteiger partial charge in [0.15, 0.2) is 0 Å². The summed E-state index contributed by atoms with van der Waals surface area (Å²) in [5.41, 5.74) is 2.96. The average molecular weight is 360 g/mol. The van der Waals surface area contributed by atoms with Gasteiger partial charge in [-0.15, -0.1) is 0 Å². The monoisotopic (exact) mass is 360 g/mol. The van der Waals surface area contributed by atoms with Crippen LogP contribution >= 0.6 is 0 Å². The van der Waals surface area contributed by atoms with Crippen LogP contribution in [-0.2, 0) is 11.2 Å². The van der Waals surface area contributed by atoms with E-state index in [-0.39, 0.29) is 22.5 Å². The number of rotatable bonds is 4. The molecule has 0 unspecified atom stereocenters. The molecule has 1 nitrogen and oxygen atoms in total. The Balaban J connectivity index is 2.69. The number of methoxy groups -OCH3 is 1. The van der Waals surface area contributed by atoms with Crippen LogP contribution in [0.5, 0.6) is 0 Å². The highest BCUT2D eigenvalue weighted by Crippen LogP contribution is 2.42. The fraction of sp³-hybridized carbons (Fsp3) is 0.478. The van der Waals surface area contributed by atoms with Crippen molar-refractivity contribution in [2.45, 2.75) is 54.1 Å². The van der Waals surface area contributed by atoms with Crippen molar-refractivity contribution < 1.29 is 13.5 Å². The second-order valence-corrected chi connectivity index (χ2v) is 9.26. The Kier molecular flexibility index (Phi) is 5.92. The van der Waals surface area contributed by atoms with Gasteiger partial charge < -0.3 is 4.74 Å². The van der Waals surface area contributed by atoms with Gasteiger partial charge in [0, 0.05) is 12.7 Å². The minimum Gasteiger partial charge on any atom is -0.376 e. The van der Waals surface area contributed by atoms with Crippen molar-refractivity contribution >= 4 is 0 Å². The lowest BCUT2D eigenvalue weighted by Gasteiger charge is -2.32. The molecule has 0 aliphatic heterocycles. The Morgan fingerprint density at radius 1 is 0.885 bits per heavy atom. The van der Waals surface area contributed by atoms with Gasteiger partial charge in [-0.2, -0.15) is 0 Å². The first-order chi connectivity index (χ1) is 11.9. The quantitative estimate of drug-likeness (QED) is 0.573. The number of hydrogen-bond acceptors (Lipinski definition) is 1. The Labute approximate surface area is 156 Å². The second kappa shape index (κ2) is 7.48. The second-order valence-electron chi connectivity index (χ2n) is 9.26. The summed E-state index contributed by atoms with van der Waals surface area (Å²) in [5.74, 6) is -0.879. The Bertz CT molecular complexity index is 767. The molecule has 0 aliphatic rings. The zero-order chi connectivity index (χ0) is 19.7. The van der Waals surface area contributed by atoms with Crippen LogP contribution < -0.4 is 0 Å². The lowest BCUT2D eigenvalue weighted by molar-refractivity contribution is 0.0155. The number of benzene rings is 2. The molecule has 0 N–H and O–H groups in total. The number of ether oxygens (including phenoxy) is 1. The molecule has 2 aromatic rings. The highest BCUT2D eigenvalue weighted by Gasteiger charge is 2.29. The molecule has 1 atom stereocenters. The molecule has 0 aliphatic carbocycles. The van der Waals surface area contributed by atoms with E-state index in [1.165, 1.54) is 17.7 Å². The van der Waals surface area contributed by atoms with E-state index in [0.717, 1.165) is 18.1 Å². The predicted octanol–water partition coefficient (Wildman–Crippen LogP) is 6.95. The molecular weight excluding hydrogens is 330 g/mol. The van der Waals surface area contributed by atoms with Gasteiger partial charge in [0.05, 0.1) is 6.10 Å². The van der Waals surface area contributed by atoms with Gasteiger partial charge in [-0.25, -0.2) is 8.78 Å². The van der Waals surface area contributed by atoms with Crippen LogP contribution in [0.25, 0.3) is 11.1 Å². The van der Waals surface area contributed by atoms with E-state index in [1.807, 2.05) is 12.1 Å². The standard InChI is InChI=1S/C23H30F2O/c1-22(2,3)14-15-8-10-17(18-13-16(24)9-11-20(18)25)19(12-15)21(26-7)23(4,5)6/h8-13,21H,14H2,1-7H3/t21-/m1/s1. The van der Waals surface area contributed by atoms with E-state index in [9.17, 15) is 8.78 Å². The van der Waals surface area contributed by atoms with Gasteiger partial charge >= 0.3 is 0 Å². The summed E-state index contributed by atoms with van der Waals surface area (Å²) < 4.78 is 34.1. The molecule has 3 heteroatoms. The molecular formula is C23H30F2O. The lowest BCUT2D eigenvalue weighted by Crippen LogP contribution is -2.21. The molecule has 142 valence electrons. The molecule has 2 aromatic carbocycles. The average Bonchev–Trinajstić information content (AvgIpc) is 2.48. The predicted molar refractivity (Wildman–Crippen MR) is 104 cm³/mol. The third-order valence-electron chi connectivity index (χ3n) is 4.37. The Morgan fingerprint density at radius 3 is 2.08 bits per heavy atom. The summed E-state index contributed by atoms with van der Waals surface area (Å²) in [5, 5.41) is 0.